The van der Waals surface area contributed by atoms with E-state index in [2.05, 4.69) is 10.3 Å². The fourth-order valence-corrected chi connectivity index (χ4v) is 4.05. The zero-order valence-electron chi connectivity index (χ0n) is 18.7. The monoisotopic (exact) mass is 443 g/mol. The summed E-state index contributed by atoms with van der Waals surface area (Å²) in [4.78, 5) is 43.3. The van der Waals surface area contributed by atoms with Crippen LogP contribution >= 0.6 is 0 Å². The van der Waals surface area contributed by atoms with Crippen LogP contribution in [0.3, 0.4) is 0 Å². The van der Waals surface area contributed by atoms with Crippen LogP contribution in [0.2, 0.25) is 0 Å². The molecule has 1 N–H and O–H groups in total. The minimum Gasteiger partial charge on any atom is -0.467 e. The predicted molar refractivity (Wildman–Crippen MR) is 125 cm³/mol. The molecule has 0 spiro atoms. The number of esters is 1. The number of pyridine rings is 1. The van der Waals surface area contributed by atoms with E-state index in [-0.39, 0.29) is 17.7 Å². The Kier molecular flexibility index (Phi) is 6.22. The summed E-state index contributed by atoms with van der Waals surface area (Å²) >= 11 is 0. The number of hydrogen-bond donors (Lipinski definition) is 1. The van der Waals surface area contributed by atoms with Gasteiger partial charge < -0.3 is 15.0 Å². The second-order valence-electron chi connectivity index (χ2n) is 8.29. The van der Waals surface area contributed by atoms with E-state index >= 15 is 0 Å². The Balaban J connectivity index is 1.52. The minimum absolute atomic E-state index is 0.0652. The Bertz CT molecular complexity index is 1190. The Morgan fingerprint density at radius 2 is 1.79 bits per heavy atom. The highest BCUT2D eigenvalue weighted by atomic mass is 16.5. The van der Waals surface area contributed by atoms with Crippen LogP contribution in [0.15, 0.2) is 67.0 Å². The second kappa shape index (κ2) is 9.24. The highest BCUT2D eigenvalue weighted by Crippen LogP contribution is 2.32. The molecule has 7 nitrogen and oxygen atoms in total. The van der Waals surface area contributed by atoms with E-state index in [0.29, 0.717) is 23.4 Å². The van der Waals surface area contributed by atoms with Crippen LogP contribution in [-0.2, 0) is 16.1 Å². The number of rotatable bonds is 6. The number of nitrogens with one attached hydrogen (secondary N) is 1. The number of aromatic nitrogens is 1. The molecule has 1 aliphatic rings. The van der Waals surface area contributed by atoms with Crippen LogP contribution in [0.25, 0.3) is 11.1 Å². The largest absolute Gasteiger partial charge is 0.467 e. The van der Waals surface area contributed by atoms with E-state index in [4.69, 9.17) is 4.74 Å². The Hall–Kier alpha value is -4.00. The normalized spacial score (nSPS) is 13.6. The first-order valence-electron chi connectivity index (χ1n) is 10.7. The first-order valence-corrected chi connectivity index (χ1v) is 10.7. The molecule has 33 heavy (non-hydrogen) atoms. The van der Waals surface area contributed by atoms with Gasteiger partial charge in [-0.25, -0.2) is 4.79 Å². The number of hydrogen-bond acceptors (Lipinski definition) is 5. The van der Waals surface area contributed by atoms with Crippen LogP contribution in [0, 0.1) is 5.92 Å². The molecular weight excluding hydrogens is 418 g/mol. The molecule has 2 heterocycles. The number of ether oxygens (including phenoxy) is 1. The van der Waals surface area contributed by atoms with Gasteiger partial charge in [-0.2, -0.15) is 0 Å². The maximum absolute atomic E-state index is 13.1. The highest BCUT2D eigenvalue weighted by molar-refractivity contribution is 6.04. The number of anilines is 1. The zero-order valence-corrected chi connectivity index (χ0v) is 18.7. The van der Waals surface area contributed by atoms with E-state index in [1.165, 1.54) is 13.3 Å². The molecule has 1 aliphatic heterocycles. The predicted octanol–water partition coefficient (Wildman–Crippen LogP) is 4.15. The van der Waals surface area contributed by atoms with Gasteiger partial charge >= 0.3 is 5.97 Å². The van der Waals surface area contributed by atoms with Crippen LogP contribution < -0.4 is 5.32 Å². The van der Waals surface area contributed by atoms with Crippen molar-refractivity contribution in [2.75, 3.05) is 12.4 Å². The van der Waals surface area contributed by atoms with Crippen LogP contribution in [0.5, 0.6) is 0 Å². The summed E-state index contributed by atoms with van der Waals surface area (Å²) in [6.07, 6.45) is 3.13. The van der Waals surface area contributed by atoms with Gasteiger partial charge in [-0.05, 0) is 52.9 Å². The van der Waals surface area contributed by atoms with E-state index in [0.717, 1.165) is 16.7 Å². The molecule has 0 unspecified atom stereocenters. The summed E-state index contributed by atoms with van der Waals surface area (Å²) < 4.78 is 4.93. The van der Waals surface area contributed by atoms with Crippen molar-refractivity contribution in [1.29, 1.82) is 0 Å². The number of nitrogens with zero attached hydrogens (tertiary/aromatic N) is 2. The third-order valence-corrected chi connectivity index (χ3v) is 5.75. The van der Waals surface area contributed by atoms with Crippen LogP contribution in [-0.4, -0.2) is 40.8 Å². The molecule has 0 radical (unpaired) electrons. The van der Waals surface area contributed by atoms with Gasteiger partial charge in [-0.3, -0.25) is 14.6 Å². The van der Waals surface area contributed by atoms with Crippen molar-refractivity contribution in [1.82, 2.24) is 9.88 Å². The summed E-state index contributed by atoms with van der Waals surface area (Å²) in [6, 6.07) is 15.9. The number of carbonyl (C=O) groups excluding carboxylic acids is 3. The van der Waals surface area contributed by atoms with Gasteiger partial charge in [0.15, 0.2) is 0 Å². The van der Waals surface area contributed by atoms with Gasteiger partial charge in [0.05, 0.1) is 12.7 Å². The quantitative estimate of drug-likeness (QED) is 0.578. The lowest BCUT2D eigenvalue weighted by Gasteiger charge is -2.28. The third-order valence-electron chi connectivity index (χ3n) is 5.75. The van der Waals surface area contributed by atoms with E-state index in [1.54, 1.807) is 23.2 Å². The topological polar surface area (TPSA) is 88.6 Å². The molecule has 1 atom stereocenters. The number of fused-ring (bicyclic) bond motifs is 1. The van der Waals surface area contributed by atoms with Crippen molar-refractivity contribution in [3.8, 4) is 11.1 Å². The molecule has 3 aromatic rings. The molecule has 0 aliphatic carbocycles. The van der Waals surface area contributed by atoms with Gasteiger partial charge in [0.25, 0.3) is 11.8 Å². The number of carbonyl (C=O) groups is 3. The standard InChI is InChI=1S/C26H25N3O4/c1-16(2)23(26(32)33-3)29-15-20-7-6-18(13-22(20)25(29)31)17-8-10-21(11-9-17)28-24(30)19-5-4-12-27-14-19/h4-14,16,23H,15H2,1-3H3,(H,28,30)/t23-/m0/s1. The fraction of sp³-hybridized carbons (Fsp3) is 0.231. The van der Waals surface area contributed by atoms with Crippen molar-refractivity contribution >= 4 is 23.5 Å². The summed E-state index contributed by atoms with van der Waals surface area (Å²) in [5.74, 6) is -0.874. The molecule has 0 bridgehead atoms. The minimum atomic E-state index is -0.624. The van der Waals surface area contributed by atoms with Crippen molar-refractivity contribution < 1.29 is 19.1 Å². The van der Waals surface area contributed by atoms with Gasteiger partial charge in [0, 0.05) is 30.2 Å². The summed E-state index contributed by atoms with van der Waals surface area (Å²) in [6.45, 7) is 4.18. The van der Waals surface area contributed by atoms with Crippen molar-refractivity contribution in [2.24, 2.45) is 5.92 Å². The van der Waals surface area contributed by atoms with Gasteiger partial charge in [0.1, 0.15) is 6.04 Å². The average Bonchev–Trinajstić information content (AvgIpc) is 3.15. The fourth-order valence-electron chi connectivity index (χ4n) is 4.05. The number of methoxy groups -OCH3 is 1. The Labute approximate surface area is 192 Å². The maximum Gasteiger partial charge on any atom is 0.328 e. The summed E-state index contributed by atoms with van der Waals surface area (Å²) in [5.41, 5.74) is 4.42. The number of benzene rings is 2. The molecule has 0 fully saturated rings. The van der Waals surface area contributed by atoms with Crippen LogP contribution in [0.1, 0.15) is 40.1 Å². The Morgan fingerprint density at radius 3 is 2.42 bits per heavy atom. The molecular formula is C26H25N3O4. The van der Waals surface area contributed by atoms with Crippen LogP contribution in [0.4, 0.5) is 5.69 Å². The lowest BCUT2D eigenvalue weighted by Crippen LogP contribution is -2.45. The summed E-state index contributed by atoms with van der Waals surface area (Å²) in [5, 5.41) is 2.85. The Morgan fingerprint density at radius 1 is 1.06 bits per heavy atom. The lowest BCUT2D eigenvalue weighted by atomic mass is 10.00. The lowest BCUT2D eigenvalue weighted by molar-refractivity contribution is -0.147. The third kappa shape index (κ3) is 4.48. The molecule has 0 saturated carbocycles. The highest BCUT2D eigenvalue weighted by Gasteiger charge is 2.38. The van der Waals surface area contributed by atoms with E-state index in [9.17, 15) is 14.4 Å². The molecule has 0 saturated heterocycles. The van der Waals surface area contributed by atoms with Crippen molar-refractivity contribution in [2.45, 2.75) is 26.4 Å². The number of amides is 2. The SMILES string of the molecule is COC(=O)[C@H](C(C)C)N1Cc2ccc(-c3ccc(NC(=O)c4cccnc4)cc3)cc2C1=O. The van der Waals surface area contributed by atoms with Gasteiger partial charge in [0.2, 0.25) is 0 Å². The molecule has 7 heteroatoms. The maximum atomic E-state index is 13.1. The van der Waals surface area contributed by atoms with E-state index < -0.39 is 12.0 Å². The second-order valence-corrected chi connectivity index (χ2v) is 8.29. The van der Waals surface area contributed by atoms with Crippen molar-refractivity contribution in [3.05, 3.63) is 83.7 Å². The summed E-state index contributed by atoms with van der Waals surface area (Å²) in [7, 11) is 1.34. The van der Waals surface area contributed by atoms with Crippen molar-refractivity contribution in [3.63, 3.8) is 0 Å². The molecule has 168 valence electrons. The first-order chi connectivity index (χ1) is 15.9. The molecule has 2 aromatic carbocycles. The van der Waals surface area contributed by atoms with E-state index in [1.807, 2.05) is 56.3 Å². The average molecular weight is 444 g/mol. The first kappa shape index (κ1) is 22.2. The zero-order chi connectivity index (χ0) is 23.5. The smallest absolute Gasteiger partial charge is 0.328 e. The molecule has 4 rings (SSSR count). The van der Waals surface area contributed by atoms with Gasteiger partial charge in [-0.15, -0.1) is 0 Å². The van der Waals surface area contributed by atoms with Gasteiger partial charge in [-0.1, -0.05) is 38.1 Å². The molecule has 2 amide bonds. The molecule has 1 aromatic heterocycles.